The Hall–Kier alpha value is -0.430. The number of β-amino-alcohol motifs (C(OH)–C–C–N with tert-alkyl or cyclic N) is 1. The minimum atomic E-state index is -0.789. The zero-order valence-corrected chi connectivity index (χ0v) is 10.1. The monoisotopic (exact) mass is 275 g/mol. The Labute approximate surface area is 96.5 Å². The van der Waals surface area contributed by atoms with Crippen LogP contribution in [0.25, 0.3) is 0 Å². The number of ether oxygens (including phenoxy) is 1. The molecule has 1 aliphatic rings. The number of halogens is 1. The number of nitrogens with one attached hydrogen (secondary N) is 1. The number of methoxy groups -OCH3 is 1. The first-order chi connectivity index (χ1) is 7.17. The van der Waals surface area contributed by atoms with Crippen LogP contribution in [0.3, 0.4) is 0 Å². The Bertz CT molecular complexity index is 349. The summed E-state index contributed by atoms with van der Waals surface area (Å²) in [5, 5.41) is 17.5. The van der Waals surface area contributed by atoms with Crippen LogP contribution in [0.4, 0.5) is 0 Å². The van der Waals surface area contributed by atoms with Gasteiger partial charge in [-0.1, -0.05) is 0 Å². The molecule has 0 bridgehead atoms. The number of aliphatic hydroxyl groups is 1. The fraction of sp³-hybridized carbons (Fsp3) is 0.667. The molecular formula is C9H14BrN3O2. The van der Waals surface area contributed by atoms with E-state index < -0.39 is 5.60 Å². The van der Waals surface area contributed by atoms with Gasteiger partial charge in [-0.05, 0) is 15.9 Å². The van der Waals surface area contributed by atoms with Crippen molar-refractivity contribution in [3.8, 4) is 0 Å². The highest BCUT2D eigenvalue weighted by molar-refractivity contribution is 9.10. The van der Waals surface area contributed by atoms with Crippen LogP contribution < -0.4 is 5.32 Å². The molecule has 0 atom stereocenters. The van der Waals surface area contributed by atoms with Gasteiger partial charge in [0.2, 0.25) is 0 Å². The highest BCUT2D eigenvalue weighted by Gasteiger charge is 2.40. The Morgan fingerprint density at radius 2 is 2.47 bits per heavy atom. The predicted molar refractivity (Wildman–Crippen MR) is 58.6 cm³/mol. The van der Waals surface area contributed by atoms with E-state index in [1.54, 1.807) is 18.0 Å². The van der Waals surface area contributed by atoms with Crippen LogP contribution in [-0.2, 0) is 16.9 Å². The van der Waals surface area contributed by atoms with Gasteiger partial charge in [0, 0.05) is 20.2 Å². The van der Waals surface area contributed by atoms with Crippen molar-refractivity contribution in [3.63, 3.8) is 0 Å². The van der Waals surface area contributed by atoms with Crippen molar-refractivity contribution < 1.29 is 9.84 Å². The van der Waals surface area contributed by atoms with Crippen LogP contribution in [0, 0.1) is 0 Å². The molecule has 1 fully saturated rings. The van der Waals surface area contributed by atoms with E-state index in [1.165, 1.54) is 0 Å². The van der Waals surface area contributed by atoms with Crippen LogP contribution in [0.1, 0.15) is 5.69 Å². The fourth-order valence-electron chi connectivity index (χ4n) is 1.70. The maximum Gasteiger partial charge on any atom is 0.132 e. The third kappa shape index (κ3) is 1.94. The average Bonchev–Trinajstić information content (AvgIpc) is 2.53. The fourth-order valence-corrected chi connectivity index (χ4v) is 2.37. The van der Waals surface area contributed by atoms with E-state index in [9.17, 15) is 5.11 Å². The van der Waals surface area contributed by atoms with Crippen molar-refractivity contribution in [2.45, 2.75) is 12.1 Å². The van der Waals surface area contributed by atoms with Gasteiger partial charge in [-0.3, -0.25) is 4.68 Å². The second-order valence-corrected chi connectivity index (χ2v) is 4.55. The summed E-state index contributed by atoms with van der Waals surface area (Å²) < 4.78 is 7.64. The number of nitrogens with zero attached hydrogens (tertiary/aromatic N) is 2. The molecule has 6 heteroatoms. The molecule has 0 unspecified atom stereocenters. The summed E-state index contributed by atoms with van der Waals surface area (Å²) in [4.78, 5) is 0. The number of rotatable bonds is 4. The summed E-state index contributed by atoms with van der Waals surface area (Å²) in [5.74, 6) is 0. The molecule has 1 saturated heterocycles. The smallest absolute Gasteiger partial charge is 0.132 e. The normalized spacial score (nSPS) is 18.9. The van der Waals surface area contributed by atoms with E-state index in [2.05, 4.69) is 26.3 Å². The van der Waals surface area contributed by atoms with Crippen LogP contribution in [0.5, 0.6) is 0 Å². The third-order valence-corrected chi connectivity index (χ3v) is 3.16. The Morgan fingerprint density at radius 1 is 1.73 bits per heavy atom. The van der Waals surface area contributed by atoms with Gasteiger partial charge in [-0.25, -0.2) is 0 Å². The Balaban J connectivity index is 2.23. The first kappa shape index (κ1) is 11.1. The third-order valence-electron chi connectivity index (χ3n) is 2.58. The maximum absolute atomic E-state index is 10.2. The number of aromatic nitrogens is 2. The SMILES string of the molecule is COCCn1ncc(Br)c1C1(O)CNC1. The summed E-state index contributed by atoms with van der Waals surface area (Å²) in [5.41, 5.74) is 0.0431. The minimum Gasteiger partial charge on any atom is -0.383 e. The highest BCUT2D eigenvalue weighted by Crippen LogP contribution is 2.31. The molecule has 0 radical (unpaired) electrons. The molecule has 84 valence electrons. The van der Waals surface area contributed by atoms with Crippen molar-refractivity contribution in [2.75, 3.05) is 26.8 Å². The molecule has 2 rings (SSSR count). The lowest BCUT2D eigenvalue weighted by Gasteiger charge is -2.38. The molecule has 15 heavy (non-hydrogen) atoms. The predicted octanol–water partition coefficient (Wildman–Crippen LogP) is 0.0828. The molecule has 0 aromatic carbocycles. The molecular weight excluding hydrogens is 262 g/mol. The van der Waals surface area contributed by atoms with Crippen LogP contribution in [0.2, 0.25) is 0 Å². The van der Waals surface area contributed by atoms with Crippen molar-refractivity contribution in [1.29, 1.82) is 0 Å². The zero-order chi connectivity index (χ0) is 10.9. The van der Waals surface area contributed by atoms with Crippen LogP contribution >= 0.6 is 15.9 Å². The lowest BCUT2D eigenvalue weighted by molar-refractivity contribution is -0.0239. The second kappa shape index (κ2) is 4.21. The van der Waals surface area contributed by atoms with Gasteiger partial charge in [-0.2, -0.15) is 5.10 Å². The van der Waals surface area contributed by atoms with Crippen LogP contribution in [0.15, 0.2) is 10.7 Å². The molecule has 0 saturated carbocycles. The van der Waals surface area contributed by atoms with Crippen molar-refractivity contribution >= 4 is 15.9 Å². The van der Waals surface area contributed by atoms with Gasteiger partial charge in [0.05, 0.1) is 29.5 Å². The average molecular weight is 276 g/mol. The molecule has 0 aliphatic carbocycles. The van der Waals surface area contributed by atoms with Crippen LogP contribution in [-0.4, -0.2) is 41.7 Å². The second-order valence-electron chi connectivity index (χ2n) is 3.69. The summed E-state index contributed by atoms with van der Waals surface area (Å²) in [6.07, 6.45) is 1.71. The van der Waals surface area contributed by atoms with E-state index in [0.717, 1.165) is 10.2 Å². The Kier molecular flexibility index (Phi) is 3.11. The molecule has 5 nitrogen and oxygen atoms in total. The van der Waals surface area contributed by atoms with E-state index in [0.29, 0.717) is 26.2 Å². The first-order valence-electron chi connectivity index (χ1n) is 4.81. The summed E-state index contributed by atoms with van der Waals surface area (Å²) in [6.45, 7) is 2.39. The number of hydrogen-bond acceptors (Lipinski definition) is 4. The Morgan fingerprint density at radius 3 is 3.00 bits per heavy atom. The minimum absolute atomic E-state index is 0.574. The molecule has 0 amide bonds. The van der Waals surface area contributed by atoms with Gasteiger partial charge < -0.3 is 15.2 Å². The number of hydrogen-bond donors (Lipinski definition) is 2. The molecule has 1 aromatic rings. The molecule has 1 aromatic heterocycles. The van der Waals surface area contributed by atoms with E-state index in [4.69, 9.17) is 4.74 Å². The molecule has 0 spiro atoms. The lowest BCUT2D eigenvalue weighted by atomic mass is 9.93. The van der Waals surface area contributed by atoms with Crippen molar-refractivity contribution in [1.82, 2.24) is 15.1 Å². The maximum atomic E-state index is 10.2. The van der Waals surface area contributed by atoms with Gasteiger partial charge in [0.15, 0.2) is 0 Å². The van der Waals surface area contributed by atoms with Crippen molar-refractivity contribution in [2.24, 2.45) is 0 Å². The van der Waals surface area contributed by atoms with Gasteiger partial charge in [-0.15, -0.1) is 0 Å². The standard InChI is InChI=1S/C9H14BrN3O2/c1-15-3-2-13-8(7(10)4-12-13)9(14)5-11-6-9/h4,11,14H,2-3,5-6H2,1H3. The van der Waals surface area contributed by atoms with E-state index in [1.807, 2.05) is 0 Å². The first-order valence-corrected chi connectivity index (χ1v) is 5.60. The summed E-state index contributed by atoms with van der Waals surface area (Å²) in [7, 11) is 1.65. The quantitative estimate of drug-likeness (QED) is 0.818. The topological polar surface area (TPSA) is 59.3 Å². The summed E-state index contributed by atoms with van der Waals surface area (Å²) in [6, 6.07) is 0. The lowest BCUT2D eigenvalue weighted by Crippen LogP contribution is -2.57. The summed E-state index contributed by atoms with van der Waals surface area (Å²) >= 11 is 3.41. The van der Waals surface area contributed by atoms with Gasteiger partial charge in [0.25, 0.3) is 0 Å². The van der Waals surface area contributed by atoms with Gasteiger partial charge >= 0.3 is 0 Å². The molecule has 1 aliphatic heterocycles. The highest BCUT2D eigenvalue weighted by atomic mass is 79.9. The largest absolute Gasteiger partial charge is 0.383 e. The molecule has 2 N–H and O–H groups in total. The molecule has 2 heterocycles. The van der Waals surface area contributed by atoms with E-state index >= 15 is 0 Å². The van der Waals surface area contributed by atoms with E-state index in [-0.39, 0.29) is 0 Å². The van der Waals surface area contributed by atoms with Gasteiger partial charge in [0.1, 0.15) is 5.60 Å². The zero-order valence-electron chi connectivity index (χ0n) is 8.53. The van der Waals surface area contributed by atoms with Crippen molar-refractivity contribution in [3.05, 3.63) is 16.4 Å².